The number of anilines is 2. The summed E-state index contributed by atoms with van der Waals surface area (Å²) in [7, 11) is 1.52. The highest BCUT2D eigenvalue weighted by atomic mass is 16.5. The fourth-order valence-electron chi connectivity index (χ4n) is 3.21. The van der Waals surface area contributed by atoms with Gasteiger partial charge in [-0.25, -0.2) is 0 Å². The van der Waals surface area contributed by atoms with Crippen LogP contribution in [0.1, 0.15) is 29.3 Å². The molecule has 2 aromatic carbocycles. The minimum atomic E-state index is -0.180. The van der Waals surface area contributed by atoms with Crippen LogP contribution in [0.15, 0.2) is 42.5 Å². The molecule has 1 heterocycles. The SMILES string of the molecule is CCOc1ccc(C(=O)Nc2ccc3c(c2)CCCN3C(=O)COC)cc1. The summed E-state index contributed by atoms with van der Waals surface area (Å²) in [5.41, 5.74) is 3.22. The van der Waals surface area contributed by atoms with Crippen LogP contribution in [0.25, 0.3) is 0 Å². The molecule has 0 fully saturated rings. The molecule has 0 unspecified atom stereocenters. The van der Waals surface area contributed by atoms with E-state index < -0.39 is 0 Å². The molecule has 6 heteroatoms. The number of aryl methyl sites for hydroxylation is 1. The van der Waals surface area contributed by atoms with Gasteiger partial charge < -0.3 is 19.7 Å². The van der Waals surface area contributed by atoms with Crippen molar-refractivity contribution in [3.63, 3.8) is 0 Å². The van der Waals surface area contributed by atoms with E-state index in [0.717, 1.165) is 29.8 Å². The Kier molecular flexibility index (Phi) is 6.08. The van der Waals surface area contributed by atoms with Crippen molar-refractivity contribution in [1.29, 1.82) is 0 Å². The lowest BCUT2D eigenvalue weighted by molar-refractivity contribution is -0.122. The van der Waals surface area contributed by atoms with Crippen LogP contribution in [0.5, 0.6) is 5.75 Å². The van der Waals surface area contributed by atoms with Crippen molar-refractivity contribution in [3.8, 4) is 5.75 Å². The van der Waals surface area contributed by atoms with Crippen LogP contribution in [0.2, 0.25) is 0 Å². The number of carbonyl (C=O) groups excluding carboxylic acids is 2. The second-order valence-corrected chi connectivity index (χ2v) is 6.34. The molecule has 0 aliphatic carbocycles. The normalized spacial score (nSPS) is 13.0. The van der Waals surface area contributed by atoms with Crippen LogP contribution < -0.4 is 15.0 Å². The largest absolute Gasteiger partial charge is 0.494 e. The highest BCUT2D eigenvalue weighted by Crippen LogP contribution is 2.30. The van der Waals surface area contributed by atoms with Crippen molar-refractivity contribution in [1.82, 2.24) is 0 Å². The van der Waals surface area contributed by atoms with Crippen molar-refractivity contribution in [3.05, 3.63) is 53.6 Å². The summed E-state index contributed by atoms with van der Waals surface area (Å²) < 4.78 is 10.4. The van der Waals surface area contributed by atoms with Gasteiger partial charge in [0.25, 0.3) is 11.8 Å². The maximum Gasteiger partial charge on any atom is 0.255 e. The Morgan fingerprint density at radius 3 is 2.63 bits per heavy atom. The molecule has 0 saturated heterocycles. The van der Waals surface area contributed by atoms with Crippen LogP contribution in [-0.2, 0) is 16.0 Å². The zero-order valence-electron chi connectivity index (χ0n) is 15.7. The summed E-state index contributed by atoms with van der Waals surface area (Å²) in [4.78, 5) is 26.4. The molecule has 0 saturated carbocycles. The van der Waals surface area contributed by atoms with E-state index in [1.54, 1.807) is 29.2 Å². The predicted octanol–water partition coefficient (Wildman–Crippen LogP) is 3.26. The first kappa shape index (κ1) is 18.9. The molecule has 142 valence electrons. The molecule has 3 rings (SSSR count). The number of nitrogens with zero attached hydrogens (tertiary/aromatic N) is 1. The quantitative estimate of drug-likeness (QED) is 0.850. The molecule has 27 heavy (non-hydrogen) atoms. The van der Waals surface area contributed by atoms with Gasteiger partial charge in [0.2, 0.25) is 0 Å². The molecule has 1 aliphatic heterocycles. The van der Waals surface area contributed by atoms with E-state index in [1.165, 1.54) is 7.11 Å². The van der Waals surface area contributed by atoms with E-state index in [9.17, 15) is 9.59 Å². The third kappa shape index (κ3) is 4.46. The fraction of sp³-hybridized carbons (Fsp3) is 0.333. The average molecular weight is 368 g/mol. The number of methoxy groups -OCH3 is 1. The van der Waals surface area contributed by atoms with Crippen molar-refractivity contribution < 1.29 is 19.1 Å². The molecule has 1 aliphatic rings. The Balaban J connectivity index is 1.73. The monoisotopic (exact) mass is 368 g/mol. The molecule has 0 spiro atoms. The smallest absolute Gasteiger partial charge is 0.255 e. The number of hydrogen-bond donors (Lipinski definition) is 1. The van der Waals surface area contributed by atoms with Crippen molar-refractivity contribution >= 4 is 23.2 Å². The Bertz CT molecular complexity index is 817. The number of benzene rings is 2. The lowest BCUT2D eigenvalue weighted by Crippen LogP contribution is -2.37. The van der Waals surface area contributed by atoms with E-state index in [-0.39, 0.29) is 18.4 Å². The van der Waals surface area contributed by atoms with Gasteiger partial charge in [0.15, 0.2) is 0 Å². The van der Waals surface area contributed by atoms with E-state index in [4.69, 9.17) is 9.47 Å². The third-order valence-corrected chi connectivity index (χ3v) is 4.45. The van der Waals surface area contributed by atoms with E-state index in [2.05, 4.69) is 5.32 Å². The molecule has 6 nitrogen and oxygen atoms in total. The summed E-state index contributed by atoms with van der Waals surface area (Å²) in [5, 5.41) is 2.92. The van der Waals surface area contributed by atoms with Gasteiger partial charge in [0.05, 0.1) is 6.61 Å². The first-order chi connectivity index (χ1) is 13.1. The summed E-state index contributed by atoms with van der Waals surface area (Å²) in [5.74, 6) is 0.509. The van der Waals surface area contributed by atoms with Gasteiger partial charge in [-0.15, -0.1) is 0 Å². The predicted molar refractivity (Wildman–Crippen MR) is 105 cm³/mol. The first-order valence-corrected chi connectivity index (χ1v) is 9.09. The minimum absolute atomic E-state index is 0.0513. The van der Waals surface area contributed by atoms with Gasteiger partial charge in [-0.2, -0.15) is 0 Å². The topological polar surface area (TPSA) is 67.9 Å². The van der Waals surface area contributed by atoms with Crippen molar-refractivity contribution in [2.24, 2.45) is 0 Å². The second kappa shape index (κ2) is 8.68. The summed E-state index contributed by atoms with van der Waals surface area (Å²) in [6.45, 7) is 3.26. The third-order valence-electron chi connectivity index (χ3n) is 4.45. The van der Waals surface area contributed by atoms with Gasteiger partial charge >= 0.3 is 0 Å². The number of carbonyl (C=O) groups is 2. The van der Waals surface area contributed by atoms with E-state index >= 15 is 0 Å². The van der Waals surface area contributed by atoms with E-state index in [0.29, 0.717) is 24.4 Å². The maximum absolute atomic E-state index is 12.5. The lowest BCUT2D eigenvalue weighted by Gasteiger charge is -2.29. The Morgan fingerprint density at radius 2 is 1.93 bits per heavy atom. The Hall–Kier alpha value is -2.86. The molecule has 2 amide bonds. The fourth-order valence-corrected chi connectivity index (χ4v) is 3.21. The molecule has 2 aromatic rings. The van der Waals surface area contributed by atoms with E-state index in [1.807, 2.05) is 25.1 Å². The maximum atomic E-state index is 12.5. The van der Waals surface area contributed by atoms with Crippen LogP contribution >= 0.6 is 0 Å². The molecular weight excluding hydrogens is 344 g/mol. The molecule has 0 aromatic heterocycles. The Morgan fingerprint density at radius 1 is 1.15 bits per heavy atom. The van der Waals surface area contributed by atoms with Crippen LogP contribution in [0, 0.1) is 0 Å². The van der Waals surface area contributed by atoms with Gasteiger partial charge in [0, 0.05) is 30.6 Å². The number of nitrogens with one attached hydrogen (secondary N) is 1. The van der Waals surface area contributed by atoms with Gasteiger partial charge in [-0.05, 0) is 67.8 Å². The molecule has 0 bridgehead atoms. The Labute approximate surface area is 159 Å². The van der Waals surface area contributed by atoms with Gasteiger partial charge in [0.1, 0.15) is 12.4 Å². The number of ether oxygens (including phenoxy) is 2. The number of amides is 2. The van der Waals surface area contributed by atoms with Gasteiger partial charge in [-0.1, -0.05) is 0 Å². The second-order valence-electron chi connectivity index (χ2n) is 6.34. The zero-order valence-corrected chi connectivity index (χ0v) is 15.7. The summed E-state index contributed by atoms with van der Waals surface area (Å²) in [6, 6.07) is 12.7. The van der Waals surface area contributed by atoms with Crippen molar-refractivity contribution in [2.75, 3.05) is 37.1 Å². The molecule has 0 atom stereocenters. The number of rotatable bonds is 6. The highest BCUT2D eigenvalue weighted by Gasteiger charge is 2.22. The van der Waals surface area contributed by atoms with Crippen LogP contribution in [0.4, 0.5) is 11.4 Å². The number of fused-ring (bicyclic) bond motifs is 1. The highest BCUT2D eigenvalue weighted by molar-refractivity contribution is 6.04. The van der Waals surface area contributed by atoms with Crippen LogP contribution in [0.3, 0.4) is 0 Å². The summed E-state index contributed by atoms with van der Waals surface area (Å²) in [6.07, 6.45) is 1.76. The molecular formula is C21H24N2O4. The first-order valence-electron chi connectivity index (χ1n) is 9.09. The lowest BCUT2D eigenvalue weighted by atomic mass is 10.0. The number of hydrogen-bond acceptors (Lipinski definition) is 4. The molecule has 1 N–H and O–H groups in total. The van der Waals surface area contributed by atoms with Crippen LogP contribution in [-0.4, -0.2) is 38.7 Å². The minimum Gasteiger partial charge on any atom is -0.494 e. The summed E-state index contributed by atoms with van der Waals surface area (Å²) >= 11 is 0. The standard InChI is InChI=1S/C21H24N2O4/c1-3-27-18-9-6-15(7-10-18)21(25)22-17-8-11-19-16(13-17)5-4-12-23(19)20(24)14-26-2/h6-11,13H,3-5,12,14H2,1-2H3,(H,22,25). The molecule has 0 radical (unpaired) electrons. The zero-order chi connectivity index (χ0) is 19.2. The van der Waals surface area contributed by atoms with Gasteiger partial charge in [-0.3, -0.25) is 9.59 Å². The van der Waals surface area contributed by atoms with Crippen molar-refractivity contribution in [2.45, 2.75) is 19.8 Å². The average Bonchev–Trinajstić information content (AvgIpc) is 2.68.